The molecule has 3 rings (SSSR count). The van der Waals surface area contributed by atoms with E-state index in [2.05, 4.69) is 40.8 Å². The Morgan fingerprint density at radius 3 is 2.81 bits per heavy atom. The summed E-state index contributed by atoms with van der Waals surface area (Å²) >= 11 is 1.76. The highest BCUT2D eigenvalue weighted by Crippen LogP contribution is 2.26. The van der Waals surface area contributed by atoms with Gasteiger partial charge in [0.2, 0.25) is 5.91 Å². The highest BCUT2D eigenvalue weighted by Gasteiger charge is 2.31. The van der Waals surface area contributed by atoms with Gasteiger partial charge in [0.15, 0.2) is 5.96 Å². The molecule has 2 fully saturated rings. The third-order valence-corrected chi connectivity index (χ3v) is 6.50. The van der Waals surface area contributed by atoms with Crippen molar-refractivity contribution in [2.24, 2.45) is 10.9 Å². The molecule has 26 heavy (non-hydrogen) atoms. The lowest BCUT2D eigenvalue weighted by molar-refractivity contribution is -0.135. The van der Waals surface area contributed by atoms with Crippen molar-refractivity contribution in [1.29, 1.82) is 0 Å². The third-order valence-electron chi connectivity index (χ3n) is 5.49. The number of nitrogens with one attached hydrogen (secondary N) is 2. The van der Waals surface area contributed by atoms with Gasteiger partial charge < -0.3 is 15.5 Å². The van der Waals surface area contributed by atoms with Gasteiger partial charge in [-0.3, -0.25) is 4.79 Å². The zero-order valence-electron chi connectivity index (χ0n) is 16.1. The normalized spacial score (nSPS) is 21.8. The van der Waals surface area contributed by atoms with E-state index in [9.17, 15) is 4.79 Å². The fraction of sp³-hybridized carbons (Fsp3) is 0.700. The van der Waals surface area contributed by atoms with Crippen LogP contribution in [0.5, 0.6) is 0 Å². The second kappa shape index (κ2) is 9.40. The molecule has 1 atom stereocenters. The predicted octanol–water partition coefficient (Wildman–Crippen LogP) is 3.29. The van der Waals surface area contributed by atoms with Crippen molar-refractivity contribution < 1.29 is 4.79 Å². The molecule has 1 unspecified atom stereocenters. The molecular formula is C20H32N4OS. The molecule has 6 heteroatoms. The van der Waals surface area contributed by atoms with Gasteiger partial charge in [-0.05, 0) is 50.1 Å². The standard InChI is InChI=1S/C20H32N4OS/c1-3-21-20(22-13-18-15(2)10-12-26-18)23-17-9-11-24(14-17)19(25)16-7-5-4-6-8-16/h10,12,16-17H,3-9,11,13-14H2,1-2H3,(H2,21,22,23). The second-order valence-corrected chi connectivity index (χ2v) is 8.47. The third kappa shape index (κ3) is 5.00. The van der Waals surface area contributed by atoms with E-state index in [1.807, 2.05) is 0 Å². The van der Waals surface area contributed by atoms with Crippen molar-refractivity contribution in [2.45, 2.75) is 65.0 Å². The Kier molecular flexibility index (Phi) is 6.94. The number of nitrogens with zero attached hydrogens (tertiary/aromatic N) is 2. The van der Waals surface area contributed by atoms with E-state index in [1.54, 1.807) is 11.3 Å². The zero-order chi connectivity index (χ0) is 18.4. The molecule has 1 aromatic heterocycles. The molecule has 0 bridgehead atoms. The lowest BCUT2D eigenvalue weighted by Crippen LogP contribution is -2.45. The van der Waals surface area contributed by atoms with Crippen molar-refractivity contribution in [2.75, 3.05) is 19.6 Å². The number of likely N-dealkylation sites (tertiary alicyclic amines) is 1. The summed E-state index contributed by atoms with van der Waals surface area (Å²) in [6.07, 6.45) is 6.88. The minimum absolute atomic E-state index is 0.270. The highest BCUT2D eigenvalue weighted by atomic mass is 32.1. The summed E-state index contributed by atoms with van der Waals surface area (Å²) < 4.78 is 0. The molecule has 2 N–H and O–H groups in total. The maximum atomic E-state index is 12.7. The van der Waals surface area contributed by atoms with E-state index in [0.717, 1.165) is 44.9 Å². The number of hydrogen-bond donors (Lipinski definition) is 2. The first-order valence-corrected chi connectivity index (χ1v) is 10.9. The smallest absolute Gasteiger partial charge is 0.225 e. The number of aliphatic imine (C=N–C) groups is 1. The Labute approximate surface area is 161 Å². The van der Waals surface area contributed by atoms with Crippen molar-refractivity contribution in [3.05, 3.63) is 21.9 Å². The van der Waals surface area contributed by atoms with Crippen molar-refractivity contribution in [3.63, 3.8) is 0 Å². The molecular weight excluding hydrogens is 344 g/mol. The molecule has 2 heterocycles. The lowest BCUT2D eigenvalue weighted by Gasteiger charge is -2.26. The Bertz CT molecular complexity index is 621. The summed E-state index contributed by atoms with van der Waals surface area (Å²) in [5, 5.41) is 8.99. The monoisotopic (exact) mass is 376 g/mol. The molecule has 1 aliphatic carbocycles. The summed E-state index contributed by atoms with van der Waals surface area (Å²) in [5.41, 5.74) is 1.31. The van der Waals surface area contributed by atoms with Gasteiger partial charge in [0.1, 0.15) is 0 Å². The first-order chi connectivity index (χ1) is 12.7. The van der Waals surface area contributed by atoms with Crippen LogP contribution in [0.15, 0.2) is 16.4 Å². The van der Waals surface area contributed by atoms with Crippen LogP contribution in [0.1, 0.15) is 55.9 Å². The molecule has 2 aliphatic rings. The summed E-state index contributed by atoms with van der Waals surface area (Å²) in [5.74, 6) is 1.51. The molecule has 1 aliphatic heterocycles. The minimum atomic E-state index is 0.270. The van der Waals surface area contributed by atoms with Crippen LogP contribution in [0.4, 0.5) is 0 Å². The molecule has 0 radical (unpaired) electrons. The lowest BCUT2D eigenvalue weighted by atomic mass is 9.88. The van der Waals surface area contributed by atoms with Crippen LogP contribution in [0.3, 0.4) is 0 Å². The van der Waals surface area contributed by atoms with Crippen LogP contribution in [0, 0.1) is 12.8 Å². The summed E-state index contributed by atoms with van der Waals surface area (Å²) in [6, 6.07) is 2.44. The molecule has 0 aromatic carbocycles. The number of rotatable bonds is 5. The van der Waals surface area contributed by atoms with E-state index in [4.69, 9.17) is 4.99 Å². The second-order valence-electron chi connectivity index (χ2n) is 7.47. The van der Waals surface area contributed by atoms with Crippen LogP contribution in [0.2, 0.25) is 0 Å². The molecule has 144 valence electrons. The maximum Gasteiger partial charge on any atom is 0.225 e. The van der Waals surface area contributed by atoms with E-state index in [1.165, 1.54) is 29.7 Å². The van der Waals surface area contributed by atoms with Crippen molar-refractivity contribution >= 4 is 23.2 Å². The fourth-order valence-corrected chi connectivity index (χ4v) is 4.75. The quantitative estimate of drug-likeness (QED) is 0.612. The van der Waals surface area contributed by atoms with Crippen LogP contribution in [-0.2, 0) is 11.3 Å². The van der Waals surface area contributed by atoms with E-state index >= 15 is 0 Å². The SMILES string of the molecule is CCNC(=NCc1sccc1C)NC1CCN(C(=O)C2CCCCC2)C1. The molecule has 5 nitrogen and oxygen atoms in total. The van der Waals surface area contributed by atoms with Gasteiger partial charge in [0, 0.05) is 36.5 Å². The van der Waals surface area contributed by atoms with Gasteiger partial charge in [0.25, 0.3) is 0 Å². The Morgan fingerprint density at radius 1 is 1.31 bits per heavy atom. The first kappa shape index (κ1) is 19.2. The van der Waals surface area contributed by atoms with Gasteiger partial charge >= 0.3 is 0 Å². The van der Waals surface area contributed by atoms with Crippen LogP contribution >= 0.6 is 11.3 Å². The number of aryl methyl sites for hydroxylation is 1. The van der Waals surface area contributed by atoms with Crippen LogP contribution in [-0.4, -0.2) is 42.4 Å². The van der Waals surface area contributed by atoms with Gasteiger partial charge in [0.05, 0.1) is 6.54 Å². The number of amides is 1. The number of carbonyl (C=O) groups is 1. The fourth-order valence-electron chi connectivity index (χ4n) is 3.92. The molecule has 1 aromatic rings. The Hall–Kier alpha value is -1.56. The number of hydrogen-bond acceptors (Lipinski definition) is 3. The summed E-state index contributed by atoms with van der Waals surface area (Å²) in [6.45, 7) is 7.44. The Balaban J connectivity index is 1.53. The predicted molar refractivity (Wildman–Crippen MR) is 109 cm³/mol. The van der Waals surface area contributed by atoms with Gasteiger partial charge in [-0.15, -0.1) is 11.3 Å². The topological polar surface area (TPSA) is 56.7 Å². The number of guanidine groups is 1. The summed E-state index contributed by atoms with van der Waals surface area (Å²) in [7, 11) is 0. The first-order valence-electron chi connectivity index (χ1n) is 10.0. The van der Waals surface area contributed by atoms with Gasteiger partial charge in [-0.25, -0.2) is 4.99 Å². The van der Waals surface area contributed by atoms with E-state index in [-0.39, 0.29) is 5.92 Å². The average molecular weight is 377 g/mol. The van der Waals surface area contributed by atoms with Gasteiger partial charge in [-0.2, -0.15) is 0 Å². The number of carbonyl (C=O) groups excluding carboxylic acids is 1. The summed E-state index contributed by atoms with van der Waals surface area (Å²) in [4.78, 5) is 20.8. The highest BCUT2D eigenvalue weighted by molar-refractivity contribution is 7.10. The van der Waals surface area contributed by atoms with Crippen LogP contribution in [0.25, 0.3) is 0 Å². The van der Waals surface area contributed by atoms with Crippen molar-refractivity contribution in [3.8, 4) is 0 Å². The van der Waals surface area contributed by atoms with Gasteiger partial charge in [-0.1, -0.05) is 19.3 Å². The van der Waals surface area contributed by atoms with E-state index < -0.39 is 0 Å². The minimum Gasteiger partial charge on any atom is -0.357 e. The molecule has 0 spiro atoms. The molecule has 1 saturated heterocycles. The molecule has 1 saturated carbocycles. The van der Waals surface area contributed by atoms with E-state index in [0.29, 0.717) is 18.5 Å². The maximum absolute atomic E-state index is 12.7. The average Bonchev–Trinajstić information content (AvgIpc) is 3.29. The molecule has 1 amide bonds. The largest absolute Gasteiger partial charge is 0.357 e. The van der Waals surface area contributed by atoms with Crippen molar-refractivity contribution in [1.82, 2.24) is 15.5 Å². The number of thiophene rings is 1. The zero-order valence-corrected chi connectivity index (χ0v) is 16.9. The Morgan fingerprint density at radius 2 is 2.12 bits per heavy atom. The van der Waals surface area contributed by atoms with Crippen LogP contribution < -0.4 is 10.6 Å².